The number of nitrogens with zero attached hydrogens (tertiary/aromatic N) is 2. The molecule has 0 saturated carbocycles. The van der Waals surface area contributed by atoms with Crippen molar-refractivity contribution in [3.63, 3.8) is 0 Å². The molecule has 3 aromatic carbocycles. The molecule has 1 aliphatic heterocycles. The van der Waals surface area contributed by atoms with Gasteiger partial charge < -0.3 is 10.2 Å². The molecule has 4 rings (SSSR count). The van der Waals surface area contributed by atoms with Gasteiger partial charge in [0, 0.05) is 24.6 Å². The number of hydrogen-bond acceptors (Lipinski definition) is 3. The highest BCUT2D eigenvalue weighted by molar-refractivity contribution is 6.20. The molecule has 0 spiro atoms. The number of likely N-dealkylation sites (N-methyl/N-ethyl adjacent to an activating group) is 1. The molecule has 1 atom stereocenters. The highest BCUT2D eigenvalue weighted by Gasteiger charge is 2.30. The lowest BCUT2D eigenvalue weighted by Crippen LogP contribution is -2.46. The van der Waals surface area contributed by atoms with Crippen LogP contribution in [0.1, 0.15) is 69.6 Å². The maximum atomic E-state index is 13.1. The first-order chi connectivity index (χ1) is 18.4. The second-order valence-corrected chi connectivity index (χ2v) is 10.1. The fourth-order valence-electron chi connectivity index (χ4n) is 4.50. The van der Waals surface area contributed by atoms with Crippen LogP contribution < -0.4 is 10.2 Å². The van der Waals surface area contributed by atoms with E-state index in [1.165, 1.54) is 18.4 Å². The summed E-state index contributed by atoms with van der Waals surface area (Å²) in [4.78, 5) is 32.1. The number of unbranched alkanes of at least 4 members (excludes halogenated alkanes) is 1. The fraction of sp³-hybridized carbons (Fsp3) is 0.364. The number of carbonyl (C=O) groups excluding carboxylic acids is 2. The molecule has 0 aliphatic carbocycles. The Labute approximate surface area is 228 Å². The third-order valence-corrected chi connectivity index (χ3v) is 6.52. The third-order valence-electron chi connectivity index (χ3n) is 6.52. The Morgan fingerprint density at radius 2 is 1.55 bits per heavy atom. The van der Waals surface area contributed by atoms with E-state index >= 15 is 0 Å². The molecule has 5 heteroatoms. The van der Waals surface area contributed by atoms with E-state index in [-0.39, 0.29) is 11.8 Å². The van der Waals surface area contributed by atoms with Crippen LogP contribution in [0.3, 0.4) is 0 Å². The van der Waals surface area contributed by atoms with Gasteiger partial charge in [-0.25, -0.2) is 4.99 Å². The van der Waals surface area contributed by atoms with E-state index in [2.05, 4.69) is 38.2 Å². The van der Waals surface area contributed by atoms with Crippen molar-refractivity contribution in [2.45, 2.75) is 65.5 Å². The van der Waals surface area contributed by atoms with E-state index in [1.807, 2.05) is 72.8 Å². The Balaban J connectivity index is 0.000000599. The Morgan fingerprint density at radius 1 is 0.921 bits per heavy atom. The minimum Gasteiger partial charge on any atom is -0.327 e. The quantitative estimate of drug-likeness (QED) is 0.321. The average Bonchev–Trinajstić information content (AvgIpc) is 3.03. The Hall–Kier alpha value is -3.73. The van der Waals surface area contributed by atoms with Crippen LogP contribution >= 0.6 is 0 Å². The number of benzene rings is 3. The largest absolute Gasteiger partial charge is 0.327 e. The molecule has 0 aromatic heterocycles. The van der Waals surface area contributed by atoms with Gasteiger partial charge in [-0.3, -0.25) is 9.59 Å². The van der Waals surface area contributed by atoms with Gasteiger partial charge in [-0.05, 0) is 36.8 Å². The summed E-state index contributed by atoms with van der Waals surface area (Å²) in [6.45, 7) is 6.73. The first kappa shape index (κ1) is 28.8. The Morgan fingerprint density at radius 3 is 2.18 bits per heavy atom. The van der Waals surface area contributed by atoms with Crippen molar-refractivity contribution in [3.05, 3.63) is 102 Å². The van der Waals surface area contributed by atoms with Gasteiger partial charge in [-0.2, -0.15) is 0 Å². The average molecular weight is 512 g/mol. The van der Waals surface area contributed by atoms with Crippen LogP contribution in [-0.4, -0.2) is 30.7 Å². The molecule has 0 saturated heterocycles. The molecule has 0 radical (unpaired) electrons. The molecule has 0 fully saturated rings. The highest BCUT2D eigenvalue weighted by atomic mass is 16.2. The van der Waals surface area contributed by atoms with Crippen LogP contribution in [-0.2, 0) is 16.0 Å². The fourth-order valence-corrected chi connectivity index (χ4v) is 4.50. The molecule has 1 heterocycles. The van der Waals surface area contributed by atoms with Crippen molar-refractivity contribution in [1.29, 1.82) is 0 Å². The first-order valence-electron chi connectivity index (χ1n) is 13.7. The minimum atomic E-state index is -0.954. The molecule has 38 heavy (non-hydrogen) atoms. The number of fused-ring (bicyclic) bond motifs is 1. The zero-order valence-electron chi connectivity index (χ0n) is 23.2. The van der Waals surface area contributed by atoms with Crippen LogP contribution in [0.5, 0.6) is 0 Å². The molecule has 5 nitrogen and oxygen atoms in total. The number of nitrogens with one attached hydrogen (secondary N) is 1. The van der Waals surface area contributed by atoms with Gasteiger partial charge in [-0.15, -0.1) is 0 Å². The molecule has 1 N–H and O–H groups in total. The predicted octanol–water partition coefficient (Wildman–Crippen LogP) is 6.80. The summed E-state index contributed by atoms with van der Waals surface area (Å²) in [6.07, 6.45) is 4.72. The van der Waals surface area contributed by atoms with Gasteiger partial charge in [0.15, 0.2) is 0 Å². The maximum Gasteiger partial charge on any atom is 0.272 e. The molecule has 3 aromatic rings. The summed E-state index contributed by atoms with van der Waals surface area (Å²) < 4.78 is 0. The number of benzodiazepines with no additional fused rings is 1. The molecule has 2 amide bonds. The van der Waals surface area contributed by atoms with Gasteiger partial charge in [0.05, 0.1) is 11.4 Å². The second kappa shape index (κ2) is 14.9. The number of carbonyl (C=O) groups is 2. The SMILES string of the molecule is CCCC(C)C.CN1C(=O)C(NC(=O)CCCCc2ccccc2)N=C(c2ccccc2)c2ccccc21. The number of para-hydroxylation sites is 1. The normalized spacial score (nSPS) is 14.7. The summed E-state index contributed by atoms with van der Waals surface area (Å²) in [5.74, 6) is 0.489. The van der Waals surface area contributed by atoms with Crippen LogP contribution in [0.2, 0.25) is 0 Å². The Bertz CT molecular complexity index is 1190. The Kier molecular flexibility index (Phi) is 11.3. The molecule has 0 bridgehead atoms. The number of amides is 2. The predicted molar refractivity (Wildman–Crippen MR) is 158 cm³/mol. The standard InChI is InChI=1S/C27H27N3O2.C6H14/c1-30-23-18-10-9-17-22(23)25(21-15-6-3-7-16-21)29-26(27(30)32)28-24(31)19-11-8-14-20-12-4-2-5-13-20;1-4-5-6(2)3/h2-7,9-10,12-13,15-18,26H,8,11,14,19H2,1H3,(H,28,31);6H,4-5H2,1-3H3. The lowest BCUT2D eigenvalue weighted by Gasteiger charge is -2.20. The van der Waals surface area contributed by atoms with E-state index in [9.17, 15) is 9.59 Å². The minimum absolute atomic E-state index is 0.160. The molecule has 1 unspecified atom stereocenters. The summed E-state index contributed by atoms with van der Waals surface area (Å²) in [5.41, 5.74) is 4.52. The van der Waals surface area contributed by atoms with E-state index in [0.717, 1.165) is 42.0 Å². The number of hydrogen-bond donors (Lipinski definition) is 1. The molecular weight excluding hydrogens is 470 g/mol. The zero-order valence-corrected chi connectivity index (χ0v) is 23.2. The summed E-state index contributed by atoms with van der Waals surface area (Å²) in [7, 11) is 1.73. The number of rotatable bonds is 9. The van der Waals surface area contributed by atoms with Crippen LogP contribution in [0.15, 0.2) is 89.9 Å². The topological polar surface area (TPSA) is 61.8 Å². The number of aryl methyl sites for hydroxylation is 1. The number of aliphatic imine (C=N–C) groups is 1. The van der Waals surface area contributed by atoms with Gasteiger partial charge in [0.2, 0.25) is 12.1 Å². The van der Waals surface area contributed by atoms with Crippen molar-refractivity contribution < 1.29 is 9.59 Å². The first-order valence-corrected chi connectivity index (χ1v) is 13.7. The maximum absolute atomic E-state index is 13.1. The van der Waals surface area contributed by atoms with Crippen molar-refractivity contribution in [2.75, 3.05) is 11.9 Å². The summed E-state index contributed by atoms with van der Waals surface area (Å²) >= 11 is 0. The van der Waals surface area contributed by atoms with Gasteiger partial charge in [-0.1, -0.05) is 112 Å². The van der Waals surface area contributed by atoms with E-state index in [0.29, 0.717) is 12.1 Å². The van der Waals surface area contributed by atoms with Gasteiger partial charge in [0.1, 0.15) is 0 Å². The van der Waals surface area contributed by atoms with Crippen molar-refractivity contribution >= 4 is 23.2 Å². The molecular formula is C33H41N3O2. The van der Waals surface area contributed by atoms with Crippen LogP contribution in [0.4, 0.5) is 5.69 Å². The van der Waals surface area contributed by atoms with Crippen molar-refractivity contribution in [3.8, 4) is 0 Å². The summed E-state index contributed by atoms with van der Waals surface area (Å²) in [5, 5.41) is 2.85. The monoisotopic (exact) mass is 511 g/mol. The van der Waals surface area contributed by atoms with Crippen molar-refractivity contribution in [1.82, 2.24) is 5.32 Å². The van der Waals surface area contributed by atoms with Gasteiger partial charge >= 0.3 is 0 Å². The third kappa shape index (κ3) is 8.41. The lowest BCUT2D eigenvalue weighted by molar-refractivity contribution is -0.127. The highest BCUT2D eigenvalue weighted by Crippen LogP contribution is 2.27. The van der Waals surface area contributed by atoms with E-state index in [1.54, 1.807) is 11.9 Å². The van der Waals surface area contributed by atoms with E-state index in [4.69, 9.17) is 4.99 Å². The van der Waals surface area contributed by atoms with Crippen LogP contribution in [0.25, 0.3) is 0 Å². The second-order valence-electron chi connectivity index (χ2n) is 10.1. The smallest absolute Gasteiger partial charge is 0.272 e. The van der Waals surface area contributed by atoms with E-state index < -0.39 is 6.17 Å². The van der Waals surface area contributed by atoms with Crippen LogP contribution in [0, 0.1) is 5.92 Å². The molecule has 1 aliphatic rings. The van der Waals surface area contributed by atoms with Crippen molar-refractivity contribution in [2.24, 2.45) is 10.9 Å². The zero-order chi connectivity index (χ0) is 27.3. The molecule has 200 valence electrons. The van der Waals surface area contributed by atoms with Gasteiger partial charge in [0.25, 0.3) is 5.91 Å². The summed E-state index contributed by atoms with van der Waals surface area (Å²) in [6, 6.07) is 27.7. The lowest BCUT2D eigenvalue weighted by atomic mass is 10.0. The number of anilines is 1.